The first-order chi connectivity index (χ1) is 12.3. The summed E-state index contributed by atoms with van der Waals surface area (Å²) in [6.45, 7) is 10.2. The average Bonchev–Trinajstić information content (AvgIpc) is 3.06. The van der Waals surface area contributed by atoms with E-state index in [-0.39, 0.29) is 41.5 Å². The van der Waals surface area contributed by atoms with Crippen LogP contribution in [0, 0.1) is 0 Å². The molecule has 1 aromatic rings. The van der Waals surface area contributed by atoms with Gasteiger partial charge in [0.1, 0.15) is 11.4 Å². The number of aliphatic imine (C=N–C) groups is 1. The van der Waals surface area contributed by atoms with Gasteiger partial charge in [0.25, 0.3) is 0 Å². The van der Waals surface area contributed by atoms with E-state index >= 15 is 0 Å². The van der Waals surface area contributed by atoms with Crippen molar-refractivity contribution in [2.24, 2.45) is 4.99 Å². The number of hydrogen-bond donors (Lipinski definition) is 2. The zero-order chi connectivity index (χ0) is 19.2. The zero-order valence-electron chi connectivity index (χ0n) is 17.0. The summed E-state index contributed by atoms with van der Waals surface area (Å²) < 4.78 is 6.04. The van der Waals surface area contributed by atoms with Crippen LogP contribution in [-0.4, -0.2) is 48.5 Å². The van der Waals surface area contributed by atoms with Gasteiger partial charge in [-0.25, -0.2) is 0 Å². The number of nitrogens with zero attached hydrogens (tertiary/aromatic N) is 2. The fourth-order valence-electron chi connectivity index (χ4n) is 2.97. The third-order valence-electron chi connectivity index (χ3n) is 4.24. The van der Waals surface area contributed by atoms with Crippen molar-refractivity contribution in [1.29, 1.82) is 0 Å². The highest BCUT2D eigenvalue weighted by Crippen LogP contribution is 2.22. The Morgan fingerprint density at radius 1 is 1.33 bits per heavy atom. The van der Waals surface area contributed by atoms with Crippen LogP contribution in [-0.2, 0) is 11.3 Å². The van der Waals surface area contributed by atoms with E-state index in [1.165, 1.54) is 0 Å². The van der Waals surface area contributed by atoms with Crippen molar-refractivity contribution in [3.8, 4) is 5.75 Å². The molecule has 7 heteroatoms. The van der Waals surface area contributed by atoms with Gasteiger partial charge in [0.2, 0.25) is 5.91 Å². The normalized spacial score (nSPS) is 17.3. The SMILES string of the molecule is CCC(=O)N1CCC(NC(=NC)NCc2ccccc2OC(C)(C)C)C1.I. The van der Waals surface area contributed by atoms with Gasteiger partial charge in [-0.05, 0) is 33.3 Å². The van der Waals surface area contributed by atoms with Crippen LogP contribution in [0.15, 0.2) is 29.3 Å². The molecule has 1 amide bonds. The first-order valence-corrected chi connectivity index (χ1v) is 9.34. The Kier molecular flexibility index (Phi) is 9.35. The van der Waals surface area contributed by atoms with Crippen LogP contribution in [0.2, 0.25) is 0 Å². The Labute approximate surface area is 180 Å². The summed E-state index contributed by atoms with van der Waals surface area (Å²) in [5.41, 5.74) is 0.842. The molecule has 0 aromatic heterocycles. The lowest BCUT2D eigenvalue weighted by Crippen LogP contribution is -2.44. The number of ether oxygens (including phenoxy) is 1. The number of rotatable bonds is 5. The van der Waals surface area contributed by atoms with Crippen molar-refractivity contribution < 1.29 is 9.53 Å². The molecule has 1 saturated heterocycles. The second kappa shape index (κ2) is 10.7. The number of likely N-dealkylation sites (tertiary alicyclic amines) is 1. The van der Waals surface area contributed by atoms with Gasteiger partial charge in [-0.2, -0.15) is 0 Å². The van der Waals surface area contributed by atoms with Gasteiger partial charge in [0, 0.05) is 44.7 Å². The van der Waals surface area contributed by atoms with E-state index in [1.807, 2.05) is 50.8 Å². The molecule has 6 nitrogen and oxygen atoms in total. The molecule has 0 radical (unpaired) electrons. The molecule has 1 aliphatic heterocycles. The molecule has 27 heavy (non-hydrogen) atoms. The Bertz CT molecular complexity index is 643. The molecule has 2 N–H and O–H groups in total. The number of guanidine groups is 1. The molecule has 1 heterocycles. The number of benzene rings is 1. The van der Waals surface area contributed by atoms with Gasteiger partial charge in [0.15, 0.2) is 5.96 Å². The van der Waals surface area contributed by atoms with E-state index in [9.17, 15) is 4.79 Å². The third kappa shape index (κ3) is 7.56. The van der Waals surface area contributed by atoms with E-state index in [0.717, 1.165) is 36.8 Å². The van der Waals surface area contributed by atoms with Gasteiger partial charge in [0.05, 0.1) is 0 Å². The summed E-state index contributed by atoms with van der Waals surface area (Å²) in [4.78, 5) is 18.0. The minimum atomic E-state index is -0.241. The second-order valence-corrected chi connectivity index (χ2v) is 7.57. The fraction of sp³-hybridized carbons (Fsp3) is 0.600. The molecule has 152 valence electrons. The minimum Gasteiger partial charge on any atom is -0.488 e. The van der Waals surface area contributed by atoms with Gasteiger partial charge < -0.3 is 20.3 Å². The smallest absolute Gasteiger partial charge is 0.222 e. The van der Waals surface area contributed by atoms with Crippen LogP contribution in [0.25, 0.3) is 0 Å². The molecule has 2 rings (SSSR count). The van der Waals surface area contributed by atoms with Crippen molar-refractivity contribution in [2.75, 3.05) is 20.1 Å². The van der Waals surface area contributed by atoms with E-state index < -0.39 is 0 Å². The predicted octanol–water partition coefficient (Wildman–Crippen LogP) is 3.16. The van der Waals surface area contributed by atoms with Crippen molar-refractivity contribution in [3.05, 3.63) is 29.8 Å². The van der Waals surface area contributed by atoms with E-state index in [1.54, 1.807) is 7.05 Å². The summed E-state index contributed by atoms with van der Waals surface area (Å²) in [5.74, 6) is 1.83. The highest BCUT2D eigenvalue weighted by atomic mass is 127. The number of para-hydroxylation sites is 1. The van der Waals surface area contributed by atoms with E-state index in [0.29, 0.717) is 13.0 Å². The van der Waals surface area contributed by atoms with Crippen molar-refractivity contribution in [3.63, 3.8) is 0 Å². The molecule has 1 aliphatic rings. The van der Waals surface area contributed by atoms with Crippen LogP contribution in [0.4, 0.5) is 0 Å². The molecule has 1 fully saturated rings. The van der Waals surface area contributed by atoms with Gasteiger partial charge >= 0.3 is 0 Å². The summed E-state index contributed by atoms with van der Waals surface area (Å²) in [7, 11) is 1.76. The zero-order valence-corrected chi connectivity index (χ0v) is 19.4. The Morgan fingerprint density at radius 3 is 2.67 bits per heavy atom. The molecule has 0 saturated carbocycles. The molecular weight excluding hydrogens is 455 g/mol. The van der Waals surface area contributed by atoms with Crippen molar-refractivity contribution in [2.45, 2.75) is 58.7 Å². The van der Waals surface area contributed by atoms with Gasteiger partial charge in [-0.1, -0.05) is 25.1 Å². The van der Waals surface area contributed by atoms with Crippen LogP contribution in [0.1, 0.15) is 46.1 Å². The molecular formula is C20H33IN4O2. The van der Waals surface area contributed by atoms with Gasteiger partial charge in [-0.15, -0.1) is 24.0 Å². The Balaban J connectivity index is 0.00000364. The molecule has 0 spiro atoms. The quantitative estimate of drug-likeness (QED) is 0.380. The number of hydrogen-bond acceptors (Lipinski definition) is 3. The highest BCUT2D eigenvalue weighted by Gasteiger charge is 2.25. The maximum absolute atomic E-state index is 11.8. The van der Waals surface area contributed by atoms with Crippen LogP contribution >= 0.6 is 24.0 Å². The lowest BCUT2D eigenvalue weighted by atomic mass is 10.1. The number of halogens is 1. The molecule has 1 aromatic carbocycles. The molecule has 0 bridgehead atoms. The topological polar surface area (TPSA) is 66.0 Å². The summed E-state index contributed by atoms with van der Waals surface area (Å²) in [5, 5.41) is 6.77. The third-order valence-corrected chi connectivity index (χ3v) is 4.24. The standard InChI is InChI=1S/C20H32N4O2.HI/c1-6-18(25)24-12-11-16(14-24)23-19(21-5)22-13-15-9-7-8-10-17(15)26-20(2,3)4;/h7-10,16H,6,11-14H2,1-5H3,(H2,21,22,23);1H. The highest BCUT2D eigenvalue weighted by molar-refractivity contribution is 14.0. The van der Waals surface area contributed by atoms with Crippen LogP contribution in [0.3, 0.4) is 0 Å². The van der Waals surface area contributed by atoms with E-state index in [4.69, 9.17) is 4.74 Å². The van der Waals surface area contributed by atoms with Crippen molar-refractivity contribution in [1.82, 2.24) is 15.5 Å². The second-order valence-electron chi connectivity index (χ2n) is 7.57. The largest absolute Gasteiger partial charge is 0.488 e. The number of carbonyl (C=O) groups is 1. The summed E-state index contributed by atoms with van der Waals surface area (Å²) in [6, 6.07) is 8.27. The molecule has 0 aliphatic carbocycles. The Morgan fingerprint density at radius 2 is 2.04 bits per heavy atom. The molecule has 1 atom stereocenters. The maximum atomic E-state index is 11.8. The van der Waals surface area contributed by atoms with Crippen molar-refractivity contribution >= 4 is 35.8 Å². The summed E-state index contributed by atoms with van der Waals surface area (Å²) >= 11 is 0. The average molecular weight is 488 g/mol. The lowest BCUT2D eigenvalue weighted by Gasteiger charge is -2.24. The monoisotopic (exact) mass is 488 g/mol. The van der Waals surface area contributed by atoms with Gasteiger partial charge in [-0.3, -0.25) is 9.79 Å². The minimum absolute atomic E-state index is 0. The maximum Gasteiger partial charge on any atom is 0.222 e. The lowest BCUT2D eigenvalue weighted by molar-refractivity contribution is -0.129. The number of nitrogens with one attached hydrogen (secondary N) is 2. The predicted molar refractivity (Wildman–Crippen MR) is 121 cm³/mol. The number of carbonyl (C=O) groups excluding carboxylic acids is 1. The first-order valence-electron chi connectivity index (χ1n) is 9.34. The van der Waals surface area contributed by atoms with E-state index in [2.05, 4.69) is 21.7 Å². The van der Waals surface area contributed by atoms with Crippen LogP contribution in [0.5, 0.6) is 5.75 Å². The Hall–Kier alpha value is -1.51. The first kappa shape index (κ1) is 23.5. The molecule has 1 unspecified atom stereocenters. The van der Waals surface area contributed by atoms with Crippen LogP contribution < -0.4 is 15.4 Å². The fourth-order valence-corrected chi connectivity index (χ4v) is 2.97. The number of amides is 1. The summed E-state index contributed by atoms with van der Waals surface area (Å²) in [6.07, 6.45) is 1.50.